The molecule has 0 aliphatic heterocycles. The van der Waals surface area contributed by atoms with Crippen LogP contribution in [0.4, 0.5) is 0 Å². The van der Waals surface area contributed by atoms with E-state index in [1.54, 1.807) is 0 Å². The maximum Gasteiger partial charge on any atom is 0.326 e. The molecule has 20 nitrogen and oxygen atoms in total. The number of aliphatic hydroxyl groups excluding tert-OH is 1. The zero-order valence-electron chi connectivity index (χ0n) is 38.3. The Bertz CT molecular complexity index is 1260. The standard InChI is InChI=1S/C44H81N5O15/c1-2-3-18-23-45-40(53)33-63-30-29-62-27-25-47-41(54)34-64-31-28-61-26-24-46-37(50)22-21-35(43(57)58)48-38(51)19-16-14-12-10-8-6-4-5-7-9-11-13-15-17-20-39(52)49-36(44(59)60)32-42(55)56/h35-36,44,59-60H,2-34H2,1H3,(H,45,53)(H,46,50)(H,47,54)(H,48,51)(H,49,52)(H,55,56)(H,57,58). The van der Waals surface area contributed by atoms with Crippen molar-refractivity contribution in [2.24, 2.45) is 0 Å². The number of carboxylic acid groups (broad SMARTS) is 2. The van der Waals surface area contributed by atoms with Crippen LogP contribution in [0.25, 0.3) is 0 Å². The maximum atomic E-state index is 12.4. The summed E-state index contributed by atoms with van der Waals surface area (Å²) >= 11 is 0. The Balaban J connectivity index is 3.69. The van der Waals surface area contributed by atoms with E-state index in [1.807, 2.05) is 0 Å². The zero-order valence-corrected chi connectivity index (χ0v) is 38.3. The molecule has 0 spiro atoms. The molecule has 0 radical (unpaired) electrons. The summed E-state index contributed by atoms with van der Waals surface area (Å²) in [6, 6.07) is -2.37. The topological polar surface area (TPSA) is 297 Å². The van der Waals surface area contributed by atoms with Gasteiger partial charge in [-0.05, 0) is 25.7 Å². The van der Waals surface area contributed by atoms with Gasteiger partial charge in [-0.1, -0.05) is 96.8 Å². The van der Waals surface area contributed by atoms with E-state index in [4.69, 9.17) is 24.1 Å². The highest BCUT2D eigenvalue weighted by Gasteiger charge is 2.22. The van der Waals surface area contributed by atoms with Crippen LogP contribution in [0.15, 0.2) is 0 Å². The highest BCUT2D eigenvalue weighted by atomic mass is 16.5. The van der Waals surface area contributed by atoms with Gasteiger partial charge in [0.2, 0.25) is 29.5 Å². The molecule has 2 unspecified atom stereocenters. The number of rotatable bonds is 46. The second-order valence-corrected chi connectivity index (χ2v) is 15.7. The molecule has 372 valence electrons. The molecule has 20 heteroatoms. The van der Waals surface area contributed by atoms with E-state index >= 15 is 0 Å². The van der Waals surface area contributed by atoms with E-state index in [1.165, 1.54) is 12.8 Å². The Kier molecular flexibility index (Phi) is 40.3. The van der Waals surface area contributed by atoms with Crippen LogP contribution in [0.1, 0.15) is 148 Å². The van der Waals surface area contributed by atoms with Gasteiger partial charge in [-0.2, -0.15) is 0 Å². The van der Waals surface area contributed by atoms with Crippen LogP contribution in [0.3, 0.4) is 0 Å². The van der Waals surface area contributed by atoms with Crippen LogP contribution in [0, 0.1) is 0 Å². The minimum absolute atomic E-state index is 0.0146. The molecule has 0 bridgehead atoms. The molecular formula is C44H81N5O15. The van der Waals surface area contributed by atoms with Crippen LogP contribution in [0.5, 0.6) is 0 Å². The number of carboxylic acids is 2. The quantitative estimate of drug-likeness (QED) is 0.0313. The first-order valence-corrected chi connectivity index (χ1v) is 23.4. The summed E-state index contributed by atoms with van der Waals surface area (Å²) < 4.78 is 21.3. The van der Waals surface area contributed by atoms with Gasteiger partial charge in [-0.25, -0.2) is 4.79 Å². The third-order valence-corrected chi connectivity index (χ3v) is 9.90. The van der Waals surface area contributed by atoms with Crippen molar-refractivity contribution in [2.45, 2.75) is 167 Å². The van der Waals surface area contributed by atoms with Gasteiger partial charge in [0, 0.05) is 38.9 Å². The van der Waals surface area contributed by atoms with Gasteiger partial charge in [0.05, 0.1) is 52.1 Å². The van der Waals surface area contributed by atoms with Crippen LogP contribution in [-0.2, 0) is 52.5 Å². The average Bonchev–Trinajstić information content (AvgIpc) is 3.24. The van der Waals surface area contributed by atoms with Crippen molar-refractivity contribution < 1.29 is 72.9 Å². The Labute approximate surface area is 379 Å². The van der Waals surface area contributed by atoms with Crippen molar-refractivity contribution in [1.82, 2.24) is 26.6 Å². The smallest absolute Gasteiger partial charge is 0.326 e. The number of amides is 5. The predicted molar refractivity (Wildman–Crippen MR) is 237 cm³/mol. The number of nitrogens with one attached hydrogen (secondary N) is 5. The summed E-state index contributed by atoms with van der Waals surface area (Å²) in [5.74, 6) is -3.97. The van der Waals surface area contributed by atoms with E-state index in [0.717, 1.165) is 83.5 Å². The number of unbranched alkanes of at least 4 members (excludes halogenated alkanes) is 15. The van der Waals surface area contributed by atoms with Crippen molar-refractivity contribution in [2.75, 3.05) is 72.5 Å². The summed E-state index contributed by atoms with van der Waals surface area (Å²) in [4.78, 5) is 82.4. The Morgan fingerprint density at radius 1 is 0.453 bits per heavy atom. The van der Waals surface area contributed by atoms with Crippen LogP contribution in [-0.4, -0.2) is 153 Å². The van der Waals surface area contributed by atoms with E-state index in [0.29, 0.717) is 32.5 Å². The van der Waals surface area contributed by atoms with E-state index in [-0.39, 0.29) is 108 Å². The normalized spacial score (nSPS) is 12.1. The molecule has 2 atom stereocenters. The van der Waals surface area contributed by atoms with Crippen molar-refractivity contribution in [3.05, 3.63) is 0 Å². The third kappa shape index (κ3) is 40.8. The van der Waals surface area contributed by atoms with Crippen LogP contribution >= 0.6 is 0 Å². The third-order valence-electron chi connectivity index (χ3n) is 9.90. The first-order chi connectivity index (χ1) is 30.8. The van der Waals surface area contributed by atoms with Crippen molar-refractivity contribution in [3.8, 4) is 0 Å². The van der Waals surface area contributed by atoms with Gasteiger partial charge in [0.1, 0.15) is 19.3 Å². The minimum Gasteiger partial charge on any atom is -0.481 e. The van der Waals surface area contributed by atoms with Gasteiger partial charge in [-0.3, -0.25) is 28.8 Å². The van der Waals surface area contributed by atoms with E-state index < -0.39 is 36.7 Å². The molecule has 0 aromatic carbocycles. The van der Waals surface area contributed by atoms with Gasteiger partial charge in [-0.15, -0.1) is 0 Å². The number of hydrogen-bond acceptors (Lipinski definition) is 13. The SMILES string of the molecule is CCCCCNC(=O)COCCOCCNC(=O)COCCOCCNC(=O)CCC(NC(=O)CCCCCCCCCCCCCCCCC(=O)NC(CC(=O)O)C(O)O)C(=O)O. The molecule has 0 aliphatic rings. The molecule has 64 heavy (non-hydrogen) atoms. The highest BCUT2D eigenvalue weighted by Crippen LogP contribution is 2.14. The lowest BCUT2D eigenvalue weighted by atomic mass is 10.0. The fraction of sp³-hybridized carbons (Fsp3) is 0.841. The van der Waals surface area contributed by atoms with Crippen LogP contribution in [0.2, 0.25) is 0 Å². The summed E-state index contributed by atoms with van der Waals surface area (Å²) in [6.45, 7) is 4.52. The van der Waals surface area contributed by atoms with Crippen molar-refractivity contribution >= 4 is 41.5 Å². The Morgan fingerprint density at radius 2 is 0.875 bits per heavy atom. The number of aliphatic hydroxyl groups is 2. The molecule has 9 N–H and O–H groups in total. The fourth-order valence-corrected chi connectivity index (χ4v) is 6.28. The van der Waals surface area contributed by atoms with Crippen molar-refractivity contribution in [1.29, 1.82) is 0 Å². The summed E-state index contributed by atoms with van der Waals surface area (Å²) in [5.41, 5.74) is 0. The van der Waals surface area contributed by atoms with Gasteiger partial charge in [0.25, 0.3) is 0 Å². The molecule has 0 rings (SSSR count). The first-order valence-electron chi connectivity index (χ1n) is 23.4. The lowest BCUT2D eigenvalue weighted by Gasteiger charge is -2.18. The summed E-state index contributed by atoms with van der Waals surface area (Å²) in [6.07, 6.45) is 15.1. The number of carbonyl (C=O) groups is 7. The van der Waals surface area contributed by atoms with Gasteiger partial charge >= 0.3 is 11.9 Å². The lowest BCUT2D eigenvalue weighted by molar-refractivity contribution is -0.143. The Morgan fingerprint density at radius 3 is 1.31 bits per heavy atom. The maximum absolute atomic E-state index is 12.4. The predicted octanol–water partition coefficient (Wildman–Crippen LogP) is 2.45. The second-order valence-electron chi connectivity index (χ2n) is 15.7. The van der Waals surface area contributed by atoms with Gasteiger partial charge in [0.15, 0.2) is 6.29 Å². The van der Waals surface area contributed by atoms with Gasteiger partial charge < -0.3 is 66.0 Å². The minimum atomic E-state index is -1.92. The number of ether oxygens (including phenoxy) is 4. The molecule has 5 amide bonds. The Hall–Kier alpha value is -3.95. The summed E-state index contributed by atoms with van der Waals surface area (Å²) in [7, 11) is 0. The van der Waals surface area contributed by atoms with Crippen molar-refractivity contribution in [3.63, 3.8) is 0 Å². The lowest BCUT2D eigenvalue weighted by Crippen LogP contribution is -2.44. The molecule has 0 saturated carbocycles. The number of hydrogen-bond donors (Lipinski definition) is 9. The van der Waals surface area contributed by atoms with Crippen LogP contribution < -0.4 is 26.6 Å². The monoisotopic (exact) mass is 920 g/mol. The molecule has 0 saturated heterocycles. The average molecular weight is 920 g/mol. The molecule has 0 fully saturated rings. The number of aliphatic carboxylic acids is 2. The van der Waals surface area contributed by atoms with E-state index in [2.05, 4.69) is 33.5 Å². The highest BCUT2D eigenvalue weighted by molar-refractivity contribution is 5.84. The molecule has 0 aromatic heterocycles. The number of carbonyl (C=O) groups excluding carboxylic acids is 5. The molecule has 0 aliphatic carbocycles. The second kappa shape index (κ2) is 43.0. The summed E-state index contributed by atoms with van der Waals surface area (Å²) in [5, 5.41) is 49.7. The zero-order chi connectivity index (χ0) is 47.5. The molecule has 0 aromatic rings. The largest absolute Gasteiger partial charge is 0.481 e. The fourth-order valence-electron chi connectivity index (χ4n) is 6.28. The van der Waals surface area contributed by atoms with E-state index in [9.17, 15) is 48.9 Å². The first kappa shape index (κ1) is 60.1. The molecule has 0 heterocycles. The molecular weight excluding hydrogens is 839 g/mol.